The summed E-state index contributed by atoms with van der Waals surface area (Å²) >= 11 is 0. The molecule has 1 rings (SSSR count). The Hall–Kier alpha value is -1.71. The smallest absolute Gasteiger partial charge is 0.339 e. The van der Waals surface area contributed by atoms with E-state index in [9.17, 15) is 14.4 Å². The molecule has 0 radical (unpaired) electrons. The van der Waals surface area contributed by atoms with Crippen molar-refractivity contribution in [1.82, 2.24) is 10.4 Å². The van der Waals surface area contributed by atoms with Gasteiger partial charge in [-0.05, 0) is 0 Å². The second-order valence-electron chi connectivity index (χ2n) is 4.21. The van der Waals surface area contributed by atoms with Gasteiger partial charge in [0.2, 0.25) is 5.60 Å². The third-order valence-electron chi connectivity index (χ3n) is 2.64. The van der Waals surface area contributed by atoms with E-state index in [1.54, 1.807) is 0 Å². The van der Waals surface area contributed by atoms with Crippen molar-refractivity contribution in [2.45, 2.75) is 18.4 Å². The first kappa shape index (κ1) is 15.3. The summed E-state index contributed by atoms with van der Waals surface area (Å²) in [5.41, 5.74) is -2.28. The van der Waals surface area contributed by atoms with E-state index in [0.717, 1.165) is 0 Å². The maximum Gasteiger partial charge on any atom is 0.339 e. The zero-order valence-corrected chi connectivity index (χ0v) is 10.2. The van der Waals surface area contributed by atoms with Gasteiger partial charge in [-0.1, -0.05) is 0 Å². The molecule has 0 aromatic heterocycles. The first-order chi connectivity index (χ1) is 8.85. The summed E-state index contributed by atoms with van der Waals surface area (Å²) in [5.74, 6) is -4.46. The van der Waals surface area contributed by atoms with Crippen LogP contribution in [0.2, 0.25) is 0 Å². The highest BCUT2D eigenvalue weighted by Gasteiger charge is 2.46. The van der Waals surface area contributed by atoms with Crippen molar-refractivity contribution in [1.29, 1.82) is 0 Å². The fourth-order valence-corrected chi connectivity index (χ4v) is 1.79. The lowest BCUT2D eigenvalue weighted by Gasteiger charge is -2.35. The van der Waals surface area contributed by atoms with E-state index in [2.05, 4.69) is 5.32 Å². The predicted molar refractivity (Wildman–Crippen MR) is 60.4 cm³/mol. The van der Waals surface area contributed by atoms with Crippen LogP contribution in [-0.2, 0) is 19.2 Å². The summed E-state index contributed by atoms with van der Waals surface area (Å²) in [6.45, 7) is 1.81. The fraction of sp³-hybridized carbons (Fsp3) is 0.700. The first-order valence-electron chi connectivity index (χ1n) is 5.67. The Morgan fingerprint density at radius 3 is 1.89 bits per heavy atom. The number of hydroxylamine groups is 2. The number of aliphatic carboxylic acids is 3. The predicted octanol–water partition coefficient (Wildman–Crippen LogP) is -1.40. The highest BCUT2D eigenvalue weighted by atomic mass is 16.7. The molecule has 0 aromatic rings. The third kappa shape index (κ3) is 4.47. The topological polar surface area (TPSA) is 136 Å². The van der Waals surface area contributed by atoms with Crippen LogP contribution in [0.25, 0.3) is 0 Å². The summed E-state index contributed by atoms with van der Waals surface area (Å²) in [7, 11) is 0. The average molecular weight is 276 g/mol. The summed E-state index contributed by atoms with van der Waals surface area (Å²) in [4.78, 5) is 38.0. The van der Waals surface area contributed by atoms with Gasteiger partial charge in [-0.2, -0.15) is 5.06 Å². The Labute approximate surface area is 108 Å². The summed E-state index contributed by atoms with van der Waals surface area (Å²) < 4.78 is 0. The van der Waals surface area contributed by atoms with Crippen LogP contribution in [0.15, 0.2) is 0 Å². The van der Waals surface area contributed by atoms with E-state index in [-0.39, 0.29) is 0 Å². The minimum absolute atomic E-state index is 0.355. The van der Waals surface area contributed by atoms with Gasteiger partial charge in [0.25, 0.3) is 0 Å². The summed E-state index contributed by atoms with van der Waals surface area (Å²) in [5, 5.41) is 31.0. The van der Waals surface area contributed by atoms with Crippen molar-refractivity contribution in [3.63, 3.8) is 0 Å². The minimum Gasteiger partial charge on any atom is -0.481 e. The number of carboxylic acids is 3. The first-order valence-corrected chi connectivity index (χ1v) is 5.67. The van der Waals surface area contributed by atoms with Crippen LogP contribution < -0.4 is 5.32 Å². The molecule has 0 aromatic carbocycles. The molecule has 1 fully saturated rings. The summed E-state index contributed by atoms with van der Waals surface area (Å²) in [6, 6.07) is 0. The zero-order valence-electron chi connectivity index (χ0n) is 10.2. The van der Waals surface area contributed by atoms with Gasteiger partial charge in [0, 0.05) is 26.2 Å². The number of piperazine rings is 1. The third-order valence-corrected chi connectivity index (χ3v) is 2.64. The molecule has 1 heterocycles. The van der Waals surface area contributed by atoms with Crippen LogP contribution in [0.5, 0.6) is 0 Å². The van der Waals surface area contributed by atoms with Crippen LogP contribution in [0.4, 0.5) is 0 Å². The van der Waals surface area contributed by atoms with Gasteiger partial charge in [-0.15, -0.1) is 0 Å². The SMILES string of the molecule is O=C(O)CC(CC(=O)O)(ON1CCNCC1)C(=O)O. The largest absolute Gasteiger partial charge is 0.481 e. The Balaban J connectivity index is 2.89. The molecule has 0 unspecified atom stereocenters. The van der Waals surface area contributed by atoms with E-state index >= 15 is 0 Å². The lowest BCUT2D eigenvalue weighted by Crippen LogP contribution is -2.53. The number of nitrogens with one attached hydrogen (secondary N) is 1. The van der Waals surface area contributed by atoms with E-state index < -0.39 is 36.4 Å². The van der Waals surface area contributed by atoms with Gasteiger partial charge in [-0.25, -0.2) is 4.79 Å². The number of nitrogens with zero attached hydrogens (tertiary/aromatic N) is 1. The Morgan fingerprint density at radius 1 is 1.05 bits per heavy atom. The molecule has 0 atom stereocenters. The molecule has 0 spiro atoms. The van der Waals surface area contributed by atoms with Crippen LogP contribution in [0.1, 0.15) is 12.8 Å². The van der Waals surface area contributed by atoms with Crippen molar-refractivity contribution < 1.29 is 34.5 Å². The van der Waals surface area contributed by atoms with Crippen molar-refractivity contribution in [2.24, 2.45) is 0 Å². The molecule has 1 aliphatic heterocycles. The van der Waals surface area contributed by atoms with E-state index in [4.69, 9.17) is 20.2 Å². The average Bonchev–Trinajstić information content (AvgIpc) is 2.27. The normalized spacial score (nSPS) is 17.1. The molecular formula is C10H16N2O7. The Kier molecular flexibility index (Phi) is 5.21. The number of carboxylic acid groups (broad SMARTS) is 3. The molecule has 1 saturated heterocycles. The Bertz CT molecular complexity index is 349. The van der Waals surface area contributed by atoms with Gasteiger partial charge in [0.15, 0.2) is 0 Å². The van der Waals surface area contributed by atoms with Crippen molar-refractivity contribution in [3.05, 3.63) is 0 Å². The van der Waals surface area contributed by atoms with E-state index in [0.29, 0.717) is 26.2 Å². The van der Waals surface area contributed by atoms with Crippen LogP contribution in [-0.4, -0.2) is 70.1 Å². The zero-order chi connectivity index (χ0) is 14.5. The lowest BCUT2D eigenvalue weighted by atomic mass is 9.95. The molecule has 1 aliphatic rings. The second kappa shape index (κ2) is 6.45. The van der Waals surface area contributed by atoms with Gasteiger partial charge in [0.05, 0.1) is 12.8 Å². The molecule has 0 saturated carbocycles. The highest BCUT2D eigenvalue weighted by Crippen LogP contribution is 2.24. The van der Waals surface area contributed by atoms with Crippen LogP contribution in [0, 0.1) is 0 Å². The molecule has 9 nitrogen and oxygen atoms in total. The lowest BCUT2D eigenvalue weighted by molar-refractivity contribution is -0.257. The van der Waals surface area contributed by atoms with Gasteiger partial charge in [0.1, 0.15) is 0 Å². The van der Waals surface area contributed by atoms with Crippen LogP contribution >= 0.6 is 0 Å². The molecule has 9 heteroatoms. The fourth-order valence-electron chi connectivity index (χ4n) is 1.79. The maximum atomic E-state index is 11.3. The minimum atomic E-state index is -2.28. The number of hydrogen-bond acceptors (Lipinski definition) is 6. The molecule has 108 valence electrons. The number of hydrogen-bond donors (Lipinski definition) is 4. The second-order valence-corrected chi connectivity index (χ2v) is 4.21. The molecule has 0 aliphatic carbocycles. The Morgan fingerprint density at radius 2 is 1.53 bits per heavy atom. The maximum absolute atomic E-state index is 11.3. The van der Waals surface area contributed by atoms with Gasteiger partial charge in [-0.3, -0.25) is 14.4 Å². The summed E-state index contributed by atoms with van der Waals surface area (Å²) in [6.07, 6.45) is -1.84. The van der Waals surface area contributed by atoms with Crippen molar-refractivity contribution in [2.75, 3.05) is 26.2 Å². The van der Waals surface area contributed by atoms with Crippen LogP contribution in [0.3, 0.4) is 0 Å². The van der Waals surface area contributed by atoms with Crippen molar-refractivity contribution in [3.8, 4) is 0 Å². The van der Waals surface area contributed by atoms with Crippen molar-refractivity contribution >= 4 is 17.9 Å². The van der Waals surface area contributed by atoms with E-state index in [1.807, 2.05) is 0 Å². The molecule has 0 amide bonds. The highest BCUT2D eigenvalue weighted by molar-refractivity contribution is 5.88. The standard InChI is InChI=1S/C10H16N2O7/c13-7(14)5-10(9(17)18,6-8(15)16)19-12-3-1-11-2-4-12/h11H,1-6H2,(H,13,14)(H,15,16)(H,17,18). The monoisotopic (exact) mass is 276 g/mol. The molecule has 0 bridgehead atoms. The quantitative estimate of drug-likeness (QED) is 0.442. The van der Waals surface area contributed by atoms with Gasteiger partial charge >= 0.3 is 17.9 Å². The molecule has 19 heavy (non-hydrogen) atoms. The molecular weight excluding hydrogens is 260 g/mol. The van der Waals surface area contributed by atoms with Gasteiger partial charge < -0.3 is 20.6 Å². The number of rotatable bonds is 7. The number of carbonyl (C=O) groups is 3. The molecule has 4 N–H and O–H groups in total. The van der Waals surface area contributed by atoms with E-state index in [1.165, 1.54) is 5.06 Å².